The molecule has 1 aliphatic carbocycles. The molecule has 5 heteroatoms. The Kier molecular flexibility index (Phi) is 5.11. The average molecular weight is 344 g/mol. The predicted molar refractivity (Wildman–Crippen MR) is 95.2 cm³/mol. The molecule has 0 N–H and O–H groups in total. The summed E-state index contributed by atoms with van der Waals surface area (Å²) in [7, 11) is 0. The first-order valence-corrected chi connectivity index (χ1v) is 8.94. The molecule has 1 aromatic carbocycles. The number of benzene rings is 1. The molecule has 1 heterocycles. The molecular formula is C20H24O5. The third-order valence-corrected chi connectivity index (χ3v) is 4.76. The van der Waals surface area contributed by atoms with E-state index in [-0.39, 0.29) is 5.63 Å². The number of carbonyl (C=O) groups is 1. The summed E-state index contributed by atoms with van der Waals surface area (Å²) in [5.41, 5.74) is 2.97. The highest BCUT2D eigenvalue weighted by Gasteiger charge is 2.21. The molecule has 0 amide bonds. The van der Waals surface area contributed by atoms with Crippen molar-refractivity contribution in [3.05, 3.63) is 39.2 Å². The SMILES string of the molecule is CCOC(=O)C(C)Oc1ccc2c3c(c(=O)oc2c1C)CCCCC3. The lowest BCUT2D eigenvalue weighted by Gasteiger charge is -2.17. The van der Waals surface area contributed by atoms with Gasteiger partial charge >= 0.3 is 11.6 Å². The lowest BCUT2D eigenvalue weighted by molar-refractivity contribution is -0.150. The Labute approximate surface area is 146 Å². The minimum absolute atomic E-state index is 0.247. The maximum absolute atomic E-state index is 12.4. The maximum Gasteiger partial charge on any atom is 0.347 e. The van der Waals surface area contributed by atoms with Gasteiger partial charge in [-0.15, -0.1) is 0 Å². The van der Waals surface area contributed by atoms with Crippen molar-refractivity contribution in [2.24, 2.45) is 0 Å². The molecule has 0 radical (unpaired) electrons. The smallest absolute Gasteiger partial charge is 0.347 e. The lowest BCUT2D eigenvalue weighted by atomic mass is 9.98. The zero-order chi connectivity index (χ0) is 18.0. The second-order valence-corrected chi connectivity index (χ2v) is 6.48. The third-order valence-electron chi connectivity index (χ3n) is 4.76. The number of carbonyl (C=O) groups excluding carboxylic acids is 1. The van der Waals surface area contributed by atoms with E-state index in [9.17, 15) is 9.59 Å². The van der Waals surface area contributed by atoms with Gasteiger partial charge < -0.3 is 13.9 Å². The maximum atomic E-state index is 12.4. The molecule has 1 atom stereocenters. The second kappa shape index (κ2) is 7.30. The highest BCUT2D eigenvalue weighted by atomic mass is 16.6. The molecule has 134 valence electrons. The van der Waals surface area contributed by atoms with E-state index in [1.807, 2.05) is 19.1 Å². The zero-order valence-corrected chi connectivity index (χ0v) is 15.0. The average Bonchev–Trinajstić information content (AvgIpc) is 2.85. The molecule has 5 nitrogen and oxygen atoms in total. The molecule has 1 aromatic heterocycles. The van der Waals surface area contributed by atoms with Gasteiger partial charge in [-0.25, -0.2) is 9.59 Å². The van der Waals surface area contributed by atoms with Gasteiger partial charge in [0.1, 0.15) is 11.3 Å². The monoisotopic (exact) mass is 344 g/mol. The van der Waals surface area contributed by atoms with E-state index in [1.54, 1.807) is 13.8 Å². The molecule has 0 fully saturated rings. The molecule has 0 bridgehead atoms. The first-order chi connectivity index (χ1) is 12.0. The van der Waals surface area contributed by atoms with Crippen molar-refractivity contribution in [1.29, 1.82) is 0 Å². The minimum atomic E-state index is -0.719. The van der Waals surface area contributed by atoms with Crippen molar-refractivity contribution >= 4 is 16.9 Å². The van der Waals surface area contributed by atoms with Crippen LogP contribution in [0.4, 0.5) is 0 Å². The van der Waals surface area contributed by atoms with Crippen LogP contribution >= 0.6 is 0 Å². The summed E-state index contributed by atoms with van der Waals surface area (Å²) in [5, 5.41) is 0.977. The van der Waals surface area contributed by atoms with Crippen LogP contribution in [0.3, 0.4) is 0 Å². The zero-order valence-electron chi connectivity index (χ0n) is 15.0. The molecule has 1 unspecified atom stereocenters. The Hall–Kier alpha value is -2.30. The Bertz CT molecular complexity index is 849. The summed E-state index contributed by atoms with van der Waals surface area (Å²) in [6.45, 7) is 5.56. The summed E-state index contributed by atoms with van der Waals surface area (Å²) in [4.78, 5) is 24.2. The van der Waals surface area contributed by atoms with Crippen LogP contribution in [0.15, 0.2) is 21.3 Å². The number of aryl methyl sites for hydroxylation is 2. The number of hydrogen-bond donors (Lipinski definition) is 0. The van der Waals surface area contributed by atoms with Gasteiger partial charge in [-0.1, -0.05) is 6.42 Å². The van der Waals surface area contributed by atoms with Crippen molar-refractivity contribution in [2.75, 3.05) is 6.61 Å². The molecular weight excluding hydrogens is 320 g/mol. The van der Waals surface area contributed by atoms with Crippen molar-refractivity contribution < 1.29 is 18.7 Å². The molecule has 0 aliphatic heterocycles. The van der Waals surface area contributed by atoms with E-state index in [0.717, 1.165) is 54.2 Å². The summed E-state index contributed by atoms with van der Waals surface area (Å²) in [6, 6.07) is 3.78. The van der Waals surface area contributed by atoms with Crippen LogP contribution in [-0.2, 0) is 22.4 Å². The van der Waals surface area contributed by atoms with E-state index in [2.05, 4.69) is 0 Å². The quantitative estimate of drug-likeness (QED) is 0.481. The van der Waals surface area contributed by atoms with Crippen LogP contribution in [0, 0.1) is 6.92 Å². The third kappa shape index (κ3) is 3.41. The van der Waals surface area contributed by atoms with Crippen molar-refractivity contribution in [3.8, 4) is 5.75 Å². The van der Waals surface area contributed by atoms with Crippen LogP contribution in [0.25, 0.3) is 11.0 Å². The second-order valence-electron chi connectivity index (χ2n) is 6.48. The normalized spacial score (nSPS) is 15.3. The standard InChI is InChI=1S/C20H24O5/c1-4-23-19(21)13(3)24-17-11-10-15-14-8-6-5-7-9-16(14)20(22)25-18(15)12(17)2/h10-11,13H,4-9H2,1-3H3. The number of fused-ring (bicyclic) bond motifs is 3. The fourth-order valence-corrected chi connectivity index (χ4v) is 3.43. The highest BCUT2D eigenvalue weighted by molar-refractivity contribution is 5.86. The van der Waals surface area contributed by atoms with Gasteiger partial charge in [-0.2, -0.15) is 0 Å². The van der Waals surface area contributed by atoms with Crippen LogP contribution < -0.4 is 10.4 Å². The lowest BCUT2D eigenvalue weighted by Crippen LogP contribution is -2.26. The van der Waals surface area contributed by atoms with Gasteiger partial charge in [0.2, 0.25) is 0 Å². The molecule has 0 saturated heterocycles. The van der Waals surface area contributed by atoms with E-state index in [4.69, 9.17) is 13.9 Å². The van der Waals surface area contributed by atoms with E-state index >= 15 is 0 Å². The van der Waals surface area contributed by atoms with Crippen molar-refractivity contribution in [3.63, 3.8) is 0 Å². The number of rotatable bonds is 4. The van der Waals surface area contributed by atoms with Gasteiger partial charge in [-0.05, 0) is 64.2 Å². The van der Waals surface area contributed by atoms with Crippen LogP contribution in [0.2, 0.25) is 0 Å². The molecule has 2 aromatic rings. The van der Waals surface area contributed by atoms with Gasteiger partial charge in [0.25, 0.3) is 0 Å². The molecule has 3 rings (SSSR count). The Balaban J connectivity index is 2.03. The molecule has 0 saturated carbocycles. The van der Waals surface area contributed by atoms with Gasteiger partial charge in [0.15, 0.2) is 6.10 Å². The highest BCUT2D eigenvalue weighted by Crippen LogP contribution is 2.32. The number of esters is 1. The Morgan fingerprint density at radius 1 is 1.20 bits per heavy atom. The summed E-state index contributed by atoms with van der Waals surface area (Å²) in [5.74, 6) is 0.121. The van der Waals surface area contributed by atoms with Gasteiger partial charge in [0, 0.05) is 16.5 Å². The van der Waals surface area contributed by atoms with E-state index < -0.39 is 12.1 Å². The van der Waals surface area contributed by atoms with Crippen LogP contribution in [-0.4, -0.2) is 18.7 Å². The van der Waals surface area contributed by atoms with E-state index in [0.29, 0.717) is 17.9 Å². The van der Waals surface area contributed by atoms with Crippen molar-refractivity contribution in [1.82, 2.24) is 0 Å². The van der Waals surface area contributed by atoms with Crippen molar-refractivity contribution in [2.45, 2.75) is 59.0 Å². The molecule has 0 spiro atoms. The minimum Gasteiger partial charge on any atom is -0.479 e. The van der Waals surface area contributed by atoms with Gasteiger partial charge in [0.05, 0.1) is 6.61 Å². The first kappa shape index (κ1) is 17.5. The number of ether oxygens (including phenoxy) is 2. The largest absolute Gasteiger partial charge is 0.479 e. The Morgan fingerprint density at radius 3 is 2.64 bits per heavy atom. The van der Waals surface area contributed by atoms with Crippen LogP contribution in [0.1, 0.15) is 49.8 Å². The van der Waals surface area contributed by atoms with Gasteiger partial charge in [-0.3, -0.25) is 0 Å². The number of hydrogen-bond acceptors (Lipinski definition) is 5. The topological polar surface area (TPSA) is 65.7 Å². The Morgan fingerprint density at radius 2 is 1.92 bits per heavy atom. The predicted octanol–water partition coefficient (Wildman–Crippen LogP) is 3.70. The van der Waals surface area contributed by atoms with Crippen LogP contribution in [0.5, 0.6) is 5.75 Å². The summed E-state index contributed by atoms with van der Waals surface area (Å²) in [6.07, 6.45) is 4.21. The van der Waals surface area contributed by atoms with E-state index in [1.165, 1.54) is 0 Å². The summed E-state index contributed by atoms with van der Waals surface area (Å²) < 4.78 is 16.3. The fraction of sp³-hybridized carbons (Fsp3) is 0.500. The molecule has 1 aliphatic rings. The fourth-order valence-electron chi connectivity index (χ4n) is 3.43. The summed E-state index contributed by atoms with van der Waals surface area (Å²) >= 11 is 0. The first-order valence-electron chi connectivity index (χ1n) is 8.94. The molecule has 25 heavy (non-hydrogen) atoms.